The number of nitrogens with zero attached hydrogens (tertiary/aromatic N) is 2. The zero-order valence-corrected chi connectivity index (χ0v) is 10.7. The summed E-state index contributed by atoms with van der Waals surface area (Å²) in [5.41, 5.74) is 0.627. The van der Waals surface area contributed by atoms with E-state index in [0.717, 1.165) is 12.8 Å². The maximum absolute atomic E-state index is 14.0. The molecular weight excluding hydrogens is 247 g/mol. The van der Waals surface area contributed by atoms with Crippen molar-refractivity contribution in [1.82, 2.24) is 0 Å². The maximum Gasteiger partial charge on any atom is 0.325 e. The first kappa shape index (κ1) is 13.3. The van der Waals surface area contributed by atoms with Crippen LogP contribution in [0.25, 0.3) is 0 Å². The molecule has 2 rings (SSSR count). The SMILES string of the molecule is CCOC(=O)CN(c1ccc(C#N)cc1F)C1CC1. The summed E-state index contributed by atoms with van der Waals surface area (Å²) in [6.07, 6.45) is 1.89. The van der Waals surface area contributed by atoms with E-state index in [1.54, 1.807) is 24.0 Å². The lowest BCUT2D eigenvalue weighted by Gasteiger charge is -2.24. The molecule has 1 aromatic rings. The topological polar surface area (TPSA) is 53.3 Å². The Balaban J connectivity index is 2.20. The van der Waals surface area contributed by atoms with Gasteiger partial charge in [0.2, 0.25) is 0 Å². The molecule has 0 heterocycles. The van der Waals surface area contributed by atoms with Gasteiger partial charge in [0.25, 0.3) is 0 Å². The number of hydrogen-bond donors (Lipinski definition) is 0. The molecule has 1 aliphatic carbocycles. The highest BCUT2D eigenvalue weighted by atomic mass is 19.1. The van der Waals surface area contributed by atoms with Crippen LogP contribution in [0.2, 0.25) is 0 Å². The number of benzene rings is 1. The first-order valence-corrected chi connectivity index (χ1v) is 6.27. The van der Waals surface area contributed by atoms with Gasteiger partial charge < -0.3 is 9.64 Å². The summed E-state index contributed by atoms with van der Waals surface area (Å²) in [6.45, 7) is 2.09. The molecule has 0 spiro atoms. The van der Waals surface area contributed by atoms with E-state index in [1.165, 1.54) is 6.07 Å². The minimum atomic E-state index is -0.477. The molecule has 19 heavy (non-hydrogen) atoms. The lowest BCUT2D eigenvalue weighted by atomic mass is 10.2. The minimum absolute atomic E-state index is 0.0430. The van der Waals surface area contributed by atoms with Crippen molar-refractivity contribution in [3.8, 4) is 6.07 Å². The van der Waals surface area contributed by atoms with Crippen molar-refractivity contribution < 1.29 is 13.9 Å². The fourth-order valence-corrected chi connectivity index (χ4v) is 1.95. The number of ether oxygens (including phenoxy) is 1. The molecule has 1 saturated carbocycles. The molecule has 4 nitrogen and oxygen atoms in total. The average molecular weight is 262 g/mol. The Hall–Kier alpha value is -2.09. The molecule has 1 aliphatic rings. The van der Waals surface area contributed by atoms with E-state index in [4.69, 9.17) is 10.00 Å². The van der Waals surface area contributed by atoms with Gasteiger partial charge in [-0.15, -0.1) is 0 Å². The predicted octanol–water partition coefficient (Wildman–Crippen LogP) is 2.23. The van der Waals surface area contributed by atoms with Gasteiger partial charge >= 0.3 is 5.97 Å². The molecule has 5 heteroatoms. The Morgan fingerprint density at radius 3 is 2.84 bits per heavy atom. The highest BCUT2D eigenvalue weighted by Gasteiger charge is 2.32. The van der Waals surface area contributed by atoms with Crippen LogP contribution >= 0.6 is 0 Å². The van der Waals surface area contributed by atoms with Crippen LogP contribution in [0.4, 0.5) is 10.1 Å². The number of hydrogen-bond acceptors (Lipinski definition) is 4. The Bertz CT molecular complexity index is 521. The number of carbonyl (C=O) groups is 1. The summed E-state index contributed by atoms with van der Waals surface area (Å²) in [7, 11) is 0. The summed E-state index contributed by atoms with van der Waals surface area (Å²) in [5.74, 6) is -0.839. The summed E-state index contributed by atoms with van der Waals surface area (Å²) in [4.78, 5) is 13.3. The first-order chi connectivity index (χ1) is 9.15. The smallest absolute Gasteiger partial charge is 0.325 e. The quantitative estimate of drug-likeness (QED) is 0.763. The lowest BCUT2D eigenvalue weighted by Crippen LogP contribution is -2.33. The number of esters is 1. The van der Waals surface area contributed by atoms with Gasteiger partial charge in [0.1, 0.15) is 12.4 Å². The molecular formula is C14H15FN2O2. The van der Waals surface area contributed by atoms with Gasteiger partial charge in [-0.25, -0.2) is 4.39 Å². The van der Waals surface area contributed by atoms with Crippen LogP contribution in [-0.2, 0) is 9.53 Å². The van der Waals surface area contributed by atoms with Gasteiger partial charge in [0.05, 0.1) is 23.9 Å². The molecule has 0 atom stereocenters. The third-order valence-electron chi connectivity index (χ3n) is 2.98. The largest absolute Gasteiger partial charge is 0.465 e. The fourth-order valence-electron chi connectivity index (χ4n) is 1.95. The van der Waals surface area contributed by atoms with E-state index in [9.17, 15) is 9.18 Å². The molecule has 100 valence electrons. The second-order valence-corrected chi connectivity index (χ2v) is 4.44. The van der Waals surface area contributed by atoms with Crippen molar-refractivity contribution in [1.29, 1.82) is 5.26 Å². The van der Waals surface area contributed by atoms with Gasteiger partial charge in [-0.3, -0.25) is 4.79 Å². The second kappa shape index (κ2) is 5.70. The third kappa shape index (κ3) is 3.22. The summed E-state index contributed by atoms with van der Waals surface area (Å²) >= 11 is 0. The van der Waals surface area contributed by atoms with Crippen LogP contribution in [0.15, 0.2) is 18.2 Å². The van der Waals surface area contributed by atoms with Gasteiger partial charge in [-0.1, -0.05) is 0 Å². The van der Waals surface area contributed by atoms with E-state index < -0.39 is 5.82 Å². The number of carbonyl (C=O) groups excluding carboxylic acids is 1. The van der Waals surface area contributed by atoms with E-state index in [2.05, 4.69) is 0 Å². The van der Waals surface area contributed by atoms with Crippen LogP contribution in [-0.4, -0.2) is 25.2 Å². The molecule has 0 bridgehead atoms. The standard InChI is InChI=1S/C14H15FN2O2/c1-2-19-14(18)9-17(11-4-5-11)13-6-3-10(8-16)7-12(13)15/h3,6-7,11H,2,4-5,9H2,1H3. The third-order valence-corrected chi connectivity index (χ3v) is 2.98. The van der Waals surface area contributed by atoms with Crippen molar-refractivity contribution in [3.63, 3.8) is 0 Å². The van der Waals surface area contributed by atoms with Crippen molar-refractivity contribution in [2.24, 2.45) is 0 Å². The van der Waals surface area contributed by atoms with E-state index in [0.29, 0.717) is 12.3 Å². The first-order valence-electron chi connectivity index (χ1n) is 6.27. The zero-order valence-electron chi connectivity index (χ0n) is 10.7. The number of nitriles is 1. The molecule has 1 aromatic carbocycles. The van der Waals surface area contributed by atoms with Crippen LogP contribution in [0.3, 0.4) is 0 Å². The molecule has 0 saturated heterocycles. The molecule has 0 amide bonds. The molecule has 0 aliphatic heterocycles. The summed E-state index contributed by atoms with van der Waals surface area (Å²) in [5, 5.41) is 8.72. The number of anilines is 1. The Labute approximate surface area is 111 Å². The van der Waals surface area contributed by atoms with Crippen molar-refractivity contribution in [2.45, 2.75) is 25.8 Å². The van der Waals surface area contributed by atoms with Crippen molar-refractivity contribution in [2.75, 3.05) is 18.1 Å². The van der Waals surface area contributed by atoms with Gasteiger partial charge in [-0.05, 0) is 38.0 Å². The highest BCUT2D eigenvalue weighted by molar-refractivity contribution is 5.76. The van der Waals surface area contributed by atoms with E-state index >= 15 is 0 Å². The van der Waals surface area contributed by atoms with Crippen LogP contribution in [0.5, 0.6) is 0 Å². The number of halogens is 1. The van der Waals surface area contributed by atoms with Gasteiger partial charge in [0.15, 0.2) is 0 Å². The minimum Gasteiger partial charge on any atom is -0.465 e. The average Bonchev–Trinajstić information content (AvgIpc) is 3.21. The number of rotatable bonds is 5. The molecule has 0 N–H and O–H groups in total. The van der Waals surface area contributed by atoms with Crippen molar-refractivity contribution in [3.05, 3.63) is 29.6 Å². The molecule has 1 fully saturated rings. The van der Waals surface area contributed by atoms with E-state index in [1.807, 2.05) is 6.07 Å². The van der Waals surface area contributed by atoms with Crippen LogP contribution in [0.1, 0.15) is 25.3 Å². The van der Waals surface area contributed by atoms with Gasteiger partial charge in [-0.2, -0.15) is 5.26 Å². The normalized spacial score (nSPS) is 13.7. The van der Waals surface area contributed by atoms with Crippen LogP contribution < -0.4 is 4.90 Å². The maximum atomic E-state index is 14.0. The highest BCUT2D eigenvalue weighted by Crippen LogP contribution is 2.33. The Morgan fingerprint density at radius 2 is 2.32 bits per heavy atom. The van der Waals surface area contributed by atoms with Gasteiger partial charge in [0, 0.05) is 6.04 Å². The van der Waals surface area contributed by atoms with E-state index in [-0.39, 0.29) is 24.1 Å². The summed E-state index contributed by atoms with van der Waals surface area (Å²) in [6, 6.07) is 6.37. The Kier molecular flexibility index (Phi) is 4.00. The summed E-state index contributed by atoms with van der Waals surface area (Å²) < 4.78 is 18.9. The second-order valence-electron chi connectivity index (χ2n) is 4.44. The fraction of sp³-hybridized carbons (Fsp3) is 0.429. The zero-order chi connectivity index (χ0) is 13.8. The molecule has 0 radical (unpaired) electrons. The van der Waals surface area contributed by atoms with Crippen LogP contribution in [0, 0.1) is 17.1 Å². The molecule has 0 aromatic heterocycles. The predicted molar refractivity (Wildman–Crippen MR) is 68.1 cm³/mol. The Morgan fingerprint density at radius 1 is 1.58 bits per heavy atom. The lowest BCUT2D eigenvalue weighted by molar-refractivity contribution is -0.141. The monoisotopic (exact) mass is 262 g/mol. The molecule has 0 unspecified atom stereocenters. The van der Waals surface area contributed by atoms with Crippen molar-refractivity contribution >= 4 is 11.7 Å².